The fraction of sp³-hybridized carbons (Fsp3) is 0.148. The SMILES string of the molecule is CCOc1cc(/C=C(\C#N)C(=O)N2CCc3ccccc32)ccc1OC(=O)c1ccccc1F. The summed E-state index contributed by atoms with van der Waals surface area (Å²) in [5.74, 6) is -1.60. The molecule has 0 aromatic heterocycles. The number of rotatable bonds is 6. The standard InChI is InChI=1S/C27H21FN2O4/c1-2-33-25-16-18(11-12-24(25)34-27(32)21-8-4-5-9-22(21)28)15-20(17-29)26(31)30-14-13-19-7-3-6-10-23(19)30/h3-12,15-16H,2,13-14H2,1H3/b20-15+. The highest BCUT2D eigenvalue weighted by Crippen LogP contribution is 2.32. The minimum absolute atomic E-state index is 0.0322. The molecule has 0 radical (unpaired) electrons. The molecule has 0 aliphatic carbocycles. The lowest BCUT2D eigenvalue weighted by molar-refractivity contribution is -0.114. The number of carbonyl (C=O) groups excluding carboxylic acids is 2. The summed E-state index contributed by atoms with van der Waals surface area (Å²) in [5.41, 5.74) is 2.16. The summed E-state index contributed by atoms with van der Waals surface area (Å²) in [6, 6.07) is 19.8. The number of hydrogen-bond donors (Lipinski definition) is 0. The van der Waals surface area contributed by atoms with Crippen molar-refractivity contribution in [3.8, 4) is 17.6 Å². The van der Waals surface area contributed by atoms with E-state index in [9.17, 15) is 19.2 Å². The zero-order valence-electron chi connectivity index (χ0n) is 18.5. The lowest BCUT2D eigenvalue weighted by Crippen LogP contribution is -2.29. The molecule has 34 heavy (non-hydrogen) atoms. The Morgan fingerprint density at radius 1 is 1.09 bits per heavy atom. The highest BCUT2D eigenvalue weighted by molar-refractivity contribution is 6.12. The third-order valence-corrected chi connectivity index (χ3v) is 5.36. The van der Waals surface area contributed by atoms with Gasteiger partial charge in [-0.3, -0.25) is 4.79 Å². The number of benzene rings is 3. The maximum absolute atomic E-state index is 13.9. The minimum Gasteiger partial charge on any atom is -0.490 e. The first-order chi connectivity index (χ1) is 16.5. The van der Waals surface area contributed by atoms with E-state index in [1.165, 1.54) is 36.4 Å². The van der Waals surface area contributed by atoms with Gasteiger partial charge in [0.1, 0.15) is 17.5 Å². The largest absolute Gasteiger partial charge is 0.490 e. The van der Waals surface area contributed by atoms with Crippen molar-refractivity contribution in [1.82, 2.24) is 0 Å². The van der Waals surface area contributed by atoms with Crippen LogP contribution in [-0.4, -0.2) is 25.0 Å². The van der Waals surface area contributed by atoms with Gasteiger partial charge in [-0.05, 0) is 60.9 Å². The van der Waals surface area contributed by atoms with E-state index in [1.807, 2.05) is 30.3 Å². The molecule has 0 atom stereocenters. The van der Waals surface area contributed by atoms with E-state index in [1.54, 1.807) is 24.0 Å². The number of esters is 1. The Balaban J connectivity index is 1.60. The van der Waals surface area contributed by atoms with Crippen LogP contribution in [0.1, 0.15) is 28.4 Å². The van der Waals surface area contributed by atoms with E-state index >= 15 is 0 Å². The first-order valence-electron chi connectivity index (χ1n) is 10.8. The molecule has 1 aliphatic rings. The summed E-state index contributed by atoms with van der Waals surface area (Å²) < 4.78 is 24.9. The number of ether oxygens (including phenoxy) is 2. The van der Waals surface area contributed by atoms with Gasteiger partial charge in [0, 0.05) is 12.2 Å². The number of para-hydroxylation sites is 1. The predicted molar refractivity (Wildman–Crippen MR) is 125 cm³/mol. The van der Waals surface area contributed by atoms with Gasteiger partial charge in [0.25, 0.3) is 5.91 Å². The number of halogens is 1. The van der Waals surface area contributed by atoms with Gasteiger partial charge in [-0.15, -0.1) is 0 Å². The second kappa shape index (κ2) is 10.0. The monoisotopic (exact) mass is 456 g/mol. The van der Waals surface area contributed by atoms with Crippen molar-refractivity contribution in [2.45, 2.75) is 13.3 Å². The predicted octanol–water partition coefficient (Wildman–Crippen LogP) is 4.94. The molecule has 3 aromatic rings. The molecule has 0 unspecified atom stereocenters. The fourth-order valence-corrected chi connectivity index (χ4v) is 3.75. The van der Waals surface area contributed by atoms with Crippen LogP contribution >= 0.6 is 0 Å². The van der Waals surface area contributed by atoms with Crippen molar-refractivity contribution in [3.63, 3.8) is 0 Å². The van der Waals surface area contributed by atoms with Crippen LogP contribution in [0.5, 0.6) is 11.5 Å². The van der Waals surface area contributed by atoms with Crippen molar-refractivity contribution >= 4 is 23.6 Å². The number of carbonyl (C=O) groups is 2. The van der Waals surface area contributed by atoms with Gasteiger partial charge in [0.15, 0.2) is 11.5 Å². The lowest BCUT2D eigenvalue weighted by Gasteiger charge is -2.16. The van der Waals surface area contributed by atoms with Gasteiger partial charge >= 0.3 is 5.97 Å². The van der Waals surface area contributed by atoms with Crippen LogP contribution in [0.15, 0.2) is 72.3 Å². The Bertz CT molecular complexity index is 1330. The quantitative estimate of drug-likeness (QED) is 0.227. The Labute approximate surface area is 196 Å². The van der Waals surface area contributed by atoms with E-state index < -0.39 is 11.8 Å². The minimum atomic E-state index is -0.858. The summed E-state index contributed by atoms with van der Waals surface area (Å²) >= 11 is 0. The molecular formula is C27H21FN2O4. The zero-order chi connectivity index (χ0) is 24.1. The average molecular weight is 456 g/mol. The van der Waals surface area contributed by atoms with Crippen molar-refractivity contribution in [3.05, 3.63) is 94.8 Å². The van der Waals surface area contributed by atoms with E-state index in [-0.39, 0.29) is 35.1 Å². The normalized spacial score (nSPS) is 12.6. The Hall–Kier alpha value is -4.44. The molecule has 3 aromatic carbocycles. The molecule has 7 heteroatoms. The summed E-state index contributed by atoms with van der Waals surface area (Å²) in [4.78, 5) is 27.1. The smallest absolute Gasteiger partial charge is 0.346 e. The van der Waals surface area contributed by atoms with Crippen LogP contribution in [0.25, 0.3) is 6.08 Å². The van der Waals surface area contributed by atoms with Crippen LogP contribution in [0.4, 0.5) is 10.1 Å². The van der Waals surface area contributed by atoms with E-state index in [0.717, 1.165) is 17.7 Å². The van der Waals surface area contributed by atoms with Crippen molar-refractivity contribution in [2.24, 2.45) is 0 Å². The zero-order valence-corrected chi connectivity index (χ0v) is 18.5. The Morgan fingerprint density at radius 3 is 2.62 bits per heavy atom. The molecule has 170 valence electrons. The molecule has 0 saturated carbocycles. The maximum Gasteiger partial charge on any atom is 0.346 e. The molecule has 0 fully saturated rings. The fourth-order valence-electron chi connectivity index (χ4n) is 3.75. The topological polar surface area (TPSA) is 79.6 Å². The number of hydrogen-bond acceptors (Lipinski definition) is 5. The maximum atomic E-state index is 13.9. The van der Waals surface area contributed by atoms with Gasteiger partial charge in [-0.1, -0.05) is 36.4 Å². The third kappa shape index (κ3) is 4.66. The van der Waals surface area contributed by atoms with Gasteiger partial charge < -0.3 is 14.4 Å². The molecule has 1 heterocycles. The number of nitrogens with zero attached hydrogens (tertiary/aromatic N) is 2. The molecule has 0 N–H and O–H groups in total. The van der Waals surface area contributed by atoms with E-state index in [2.05, 4.69) is 0 Å². The first-order valence-corrected chi connectivity index (χ1v) is 10.8. The first kappa shape index (κ1) is 22.7. The van der Waals surface area contributed by atoms with Crippen LogP contribution in [0.2, 0.25) is 0 Å². The Kier molecular flexibility index (Phi) is 6.69. The number of nitriles is 1. The van der Waals surface area contributed by atoms with Crippen LogP contribution in [0, 0.1) is 17.1 Å². The van der Waals surface area contributed by atoms with Crippen molar-refractivity contribution in [1.29, 1.82) is 5.26 Å². The third-order valence-electron chi connectivity index (χ3n) is 5.36. The molecule has 4 rings (SSSR count). The number of amides is 1. The van der Waals surface area contributed by atoms with Gasteiger partial charge in [0.05, 0.1) is 12.2 Å². The highest BCUT2D eigenvalue weighted by Gasteiger charge is 2.26. The molecule has 1 aliphatic heterocycles. The lowest BCUT2D eigenvalue weighted by atomic mass is 10.1. The highest BCUT2D eigenvalue weighted by atomic mass is 19.1. The summed E-state index contributed by atoms with van der Waals surface area (Å²) in [6.45, 7) is 2.55. The van der Waals surface area contributed by atoms with Gasteiger partial charge in [-0.25, -0.2) is 9.18 Å². The number of anilines is 1. The van der Waals surface area contributed by atoms with Crippen LogP contribution in [0.3, 0.4) is 0 Å². The van der Waals surface area contributed by atoms with Crippen molar-refractivity contribution in [2.75, 3.05) is 18.1 Å². The number of fused-ring (bicyclic) bond motifs is 1. The second-order valence-corrected chi connectivity index (χ2v) is 7.51. The molecule has 6 nitrogen and oxygen atoms in total. The molecule has 0 spiro atoms. The van der Waals surface area contributed by atoms with E-state index in [4.69, 9.17) is 9.47 Å². The summed E-state index contributed by atoms with van der Waals surface area (Å²) in [5, 5.41) is 9.66. The van der Waals surface area contributed by atoms with Crippen LogP contribution < -0.4 is 14.4 Å². The molecule has 0 bridgehead atoms. The summed E-state index contributed by atoms with van der Waals surface area (Å²) in [6.07, 6.45) is 2.20. The molecule has 0 saturated heterocycles. The Morgan fingerprint density at radius 2 is 1.85 bits per heavy atom. The average Bonchev–Trinajstić information content (AvgIpc) is 3.28. The molecular weight excluding hydrogens is 435 g/mol. The van der Waals surface area contributed by atoms with Gasteiger partial charge in [0.2, 0.25) is 0 Å². The van der Waals surface area contributed by atoms with Crippen LogP contribution in [-0.2, 0) is 11.2 Å². The summed E-state index contributed by atoms with van der Waals surface area (Å²) in [7, 11) is 0. The molecule has 1 amide bonds. The van der Waals surface area contributed by atoms with Gasteiger partial charge in [-0.2, -0.15) is 5.26 Å². The second-order valence-electron chi connectivity index (χ2n) is 7.51. The van der Waals surface area contributed by atoms with Crippen molar-refractivity contribution < 1.29 is 23.5 Å². The van der Waals surface area contributed by atoms with E-state index in [0.29, 0.717) is 12.1 Å².